The first-order chi connectivity index (χ1) is 9.49. The Morgan fingerprint density at radius 3 is 2.35 bits per heavy atom. The molecule has 0 aliphatic rings. The second-order valence-corrected chi connectivity index (χ2v) is 4.36. The first-order valence-corrected chi connectivity index (χ1v) is 6.02. The number of carbonyl (C=O) groups is 1. The van der Waals surface area contributed by atoms with E-state index in [1.807, 2.05) is 0 Å². The van der Waals surface area contributed by atoms with Crippen LogP contribution in [0.1, 0.15) is 22.8 Å². The van der Waals surface area contributed by atoms with Crippen LogP contribution in [0.15, 0.2) is 42.5 Å². The molecule has 5 nitrogen and oxygen atoms in total. The molecule has 2 aromatic rings. The molecule has 0 bridgehead atoms. The number of aryl methyl sites for hydroxylation is 1. The number of hydrogen-bond acceptors (Lipinski definition) is 4. The standard InChI is InChI=1S/C15H13NO4/c1-10-4-3-5-14(15(10)16(18)19)20-13-8-6-12(7-9-13)11(2)17/h3-9H,1-2H3. The van der Waals surface area contributed by atoms with E-state index >= 15 is 0 Å². The molecular formula is C15H13NO4. The quantitative estimate of drug-likeness (QED) is 0.480. The maximum Gasteiger partial charge on any atom is 0.314 e. The lowest BCUT2D eigenvalue weighted by atomic mass is 10.1. The van der Waals surface area contributed by atoms with E-state index in [1.54, 1.807) is 49.4 Å². The molecule has 2 aromatic carbocycles. The number of nitro benzene ring substituents is 1. The molecule has 0 aliphatic heterocycles. The summed E-state index contributed by atoms with van der Waals surface area (Å²) in [5.74, 6) is 0.590. The largest absolute Gasteiger partial charge is 0.450 e. The van der Waals surface area contributed by atoms with Crippen LogP contribution in [0.5, 0.6) is 11.5 Å². The molecule has 5 heteroatoms. The van der Waals surface area contributed by atoms with Gasteiger partial charge < -0.3 is 4.74 Å². The summed E-state index contributed by atoms with van der Waals surface area (Å²) in [5.41, 5.74) is 1.05. The molecule has 0 saturated heterocycles. The molecule has 0 radical (unpaired) electrons. The maximum atomic E-state index is 11.2. The number of carbonyl (C=O) groups excluding carboxylic acids is 1. The Balaban J connectivity index is 2.33. The molecule has 0 heterocycles. The summed E-state index contributed by atoms with van der Waals surface area (Å²) in [6.45, 7) is 3.13. The molecule has 0 amide bonds. The van der Waals surface area contributed by atoms with E-state index in [4.69, 9.17) is 4.74 Å². The predicted octanol–water partition coefficient (Wildman–Crippen LogP) is 3.90. The maximum absolute atomic E-state index is 11.2. The van der Waals surface area contributed by atoms with Crippen LogP contribution in [0.2, 0.25) is 0 Å². The van der Waals surface area contributed by atoms with Gasteiger partial charge in [0.25, 0.3) is 0 Å². The van der Waals surface area contributed by atoms with Crippen molar-refractivity contribution in [3.63, 3.8) is 0 Å². The zero-order chi connectivity index (χ0) is 14.7. The fourth-order valence-electron chi connectivity index (χ4n) is 1.83. The third-order valence-electron chi connectivity index (χ3n) is 2.87. The average Bonchev–Trinajstić information content (AvgIpc) is 2.39. The average molecular weight is 271 g/mol. The molecule has 0 aromatic heterocycles. The van der Waals surface area contributed by atoms with E-state index in [0.29, 0.717) is 16.9 Å². The van der Waals surface area contributed by atoms with Crippen molar-refractivity contribution in [1.29, 1.82) is 0 Å². The monoisotopic (exact) mass is 271 g/mol. The summed E-state index contributed by atoms with van der Waals surface area (Å²) >= 11 is 0. The summed E-state index contributed by atoms with van der Waals surface area (Å²) < 4.78 is 5.53. The number of rotatable bonds is 4. The van der Waals surface area contributed by atoms with Gasteiger partial charge >= 0.3 is 5.69 Å². The van der Waals surface area contributed by atoms with E-state index in [2.05, 4.69) is 0 Å². The summed E-state index contributed by atoms with van der Waals surface area (Å²) in [5, 5.41) is 11.1. The molecule has 20 heavy (non-hydrogen) atoms. The van der Waals surface area contributed by atoms with Crippen molar-refractivity contribution in [2.75, 3.05) is 0 Å². The minimum Gasteiger partial charge on any atom is -0.450 e. The molecule has 2 rings (SSSR count). The Morgan fingerprint density at radius 1 is 1.15 bits per heavy atom. The Labute approximate surface area is 116 Å². The molecule has 0 atom stereocenters. The number of nitro groups is 1. The summed E-state index contributed by atoms with van der Waals surface area (Å²) in [6, 6.07) is 11.4. The zero-order valence-corrected chi connectivity index (χ0v) is 11.1. The lowest BCUT2D eigenvalue weighted by Gasteiger charge is -2.08. The summed E-state index contributed by atoms with van der Waals surface area (Å²) in [7, 11) is 0. The van der Waals surface area contributed by atoms with Gasteiger partial charge in [0.15, 0.2) is 5.78 Å². The molecule has 102 valence electrons. The van der Waals surface area contributed by atoms with Crippen LogP contribution in [-0.2, 0) is 0 Å². The van der Waals surface area contributed by atoms with E-state index in [9.17, 15) is 14.9 Å². The smallest absolute Gasteiger partial charge is 0.314 e. The highest BCUT2D eigenvalue weighted by Gasteiger charge is 2.18. The molecular weight excluding hydrogens is 258 g/mol. The molecule has 0 fully saturated rings. The molecule has 0 N–H and O–H groups in total. The Morgan fingerprint density at radius 2 is 1.80 bits per heavy atom. The number of ether oxygens (including phenoxy) is 1. The summed E-state index contributed by atoms with van der Waals surface area (Å²) in [4.78, 5) is 21.8. The van der Waals surface area contributed by atoms with Gasteiger partial charge in [0.05, 0.1) is 4.92 Å². The molecule has 0 unspecified atom stereocenters. The van der Waals surface area contributed by atoms with Crippen LogP contribution in [0, 0.1) is 17.0 Å². The minimum absolute atomic E-state index is 0.0434. The molecule has 0 spiro atoms. The van der Waals surface area contributed by atoms with E-state index in [1.165, 1.54) is 6.92 Å². The first kappa shape index (κ1) is 13.7. The zero-order valence-electron chi connectivity index (χ0n) is 11.1. The van der Waals surface area contributed by atoms with Crippen molar-refractivity contribution >= 4 is 11.5 Å². The predicted molar refractivity (Wildman–Crippen MR) is 74.4 cm³/mol. The second-order valence-electron chi connectivity index (χ2n) is 4.36. The van der Waals surface area contributed by atoms with Crippen molar-refractivity contribution in [3.05, 3.63) is 63.7 Å². The van der Waals surface area contributed by atoms with Gasteiger partial charge in [-0.3, -0.25) is 14.9 Å². The third kappa shape index (κ3) is 2.83. The van der Waals surface area contributed by atoms with Crippen LogP contribution >= 0.6 is 0 Å². The number of Topliss-reactive ketones (excluding diaryl/α,β-unsaturated/α-hetero) is 1. The van der Waals surface area contributed by atoms with Crippen molar-refractivity contribution in [2.45, 2.75) is 13.8 Å². The molecule has 0 aliphatic carbocycles. The van der Waals surface area contributed by atoms with Gasteiger partial charge in [-0.25, -0.2) is 0 Å². The lowest BCUT2D eigenvalue weighted by Crippen LogP contribution is -1.96. The van der Waals surface area contributed by atoms with Crippen molar-refractivity contribution in [2.24, 2.45) is 0 Å². The Bertz CT molecular complexity index is 662. The highest BCUT2D eigenvalue weighted by atomic mass is 16.6. The second kappa shape index (κ2) is 5.52. The fraction of sp³-hybridized carbons (Fsp3) is 0.133. The topological polar surface area (TPSA) is 69.4 Å². The third-order valence-corrected chi connectivity index (χ3v) is 2.87. The van der Waals surface area contributed by atoms with Crippen LogP contribution in [-0.4, -0.2) is 10.7 Å². The number of nitrogens with zero attached hydrogens (tertiary/aromatic N) is 1. The van der Waals surface area contributed by atoms with Crippen LogP contribution in [0.3, 0.4) is 0 Å². The number of benzene rings is 2. The minimum atomic E-state index is -0.464. The molecule has 0 saturated carbocycles. The normalized spacial score (nSPS) is 10.1. The van der Waals surface area contributed by atoms with Gasteiger partial charge in [-0.15, -0.1) is 0 Å². The van der Waals surface area contributed by atoms with E-state index < -0.39 is 4.92 Å². The highest BCUT2D eigenvalue weighted by molar-refractivity contribution is 5.94. The van der Waals surface area contributed by atoms with Gasteiger partial charge in [-0.1, -0.05) is 12.1 Å². The van der Waals surface area contributed by atoms with Crippen LogP contribution in [0.25, 0.3) is 0 Å². The van der Waals surface area contributed by atoms with Gasteiger partial charge in [0.2, 0.25) is 5.75 Å². The van der Waals surface area contributed by atoms with E-state index in [-0.39, 0.29) is 17.2 Å². The van der Waals surface area contributed by atoms with Crippen molar-refractivity contribution in [1.82, 2.24) is 0 Å². The lowest BCUT2D eigenvalue weighted by molar-refractivity contribution is -0.386. The highest BCUT2D eigenvalue weighted by Crippen LogP contribution is 2.33. The van der Waals surface area contributed by atoms with Gasteiger partial charge in [0, 0.05) is 11.1 Å². The van der Waals surface area contributed by atoms with Gasteiger partial charge in [-0.2, -0.15) is 0 Å². The van der Waals surface area contributed by atoms with Crippen LogP contribution < -0.4 is 4.74 Å². The Hall–Kier alpha value is -2.69. The van der Waals surface area contributed by atoms with Crippen LogP contribution in [0.4, 0.5) is 5.69 Å². The van der Waals surface area contributed by atoms with Gasteiger partial charge in [0.1, 0.15) is 5.75 Å². The summed E-state index contributed by atoms with van der Waals surface area (Å²) in [6.07, 6.45) is 0. The number of hydrogen-bond donors (Lipinski definition) is 0. The van der Waals surface area contributed by atoms with E-state index in [0.717, 1.165) is 0 Å². The van der Waals surface area contributed by atoms with Crippen molar-refractivity contribution < 1.29 is 14.5 Å². The number of ketones is 1. The fourth-order valence-corrected chi connectivity index (χ4v) is 1.83. The number of para-hydroxylation sites is 1. The van der Waals surface area contributed by atoms with Gasteiger partial charge in [-0.05, 0) is 44.2 Å². The SMILES string of the molecule is CC(=O)c1ccc(Oc2cccc(C)c2[N+](=O)[O-])cc1. The first-order valence-electron chi connectivity index (χ1n) is 6.02. The Kier molecular flexibility index (Phi) is 3.79. The van der Waals surface area contributed by atoms with Crippen molar-refractivity contribution in [3.8, 4) is 11.5 Å².